The minimum atomic E-state index is -3.73. The van der Waals surface area contributed by atoms with Crippen molar-refractivity contribution in [3.63, 3.8) is 0 Å². The van der Waals surface area contributed by atoms with E-state index in [2.05, 4.69) is 15.4 Å². The number of morpholine rings is 1. The van der Waals surface area contributed by atoms with E-state index in [4.69, 9.17) is 4.74 Å². The molecule has 2 aliphatic heterocycles. The molecule has 0 atom stereocenters. The van der Waals surface area contributed by atoms with Crippen molar-refractivity contribution < 1.29 is 18.1 Å². The second kappa shape index (κ2) is 9.30. The molecule has 1 N–H and O–H groups in total. The maximum atomic E-state index is 12.7. The van der Waals surface area contributed by atoms with Gasteiger partial charge in [0.05, 0.1) is 34.2 Å². The third-order valence-electron chi connectivity index (χ3n) is 5.18. The molecule has 0 unspecified atom stereocenters. The predicted octanol–water partition coefficient (Wildman–Crippen LogP) is 2.72. The van der Waals surface area contributed by atoms with Crippen molar-refractivity contribution in [1.82, 2.24) is 4.31 Å². The van der Waals surface area contributed by atoms with Crippen molar-refractivity contribution in [2.75, 3.05) is 49.7 Å². The van der Waals surface area contributed by atoms with E-state index in [1.54, 1.807) is 17.6 Å². The van der Waals surface area contributed by atoms with Crippen LogP contribution in [0.25, 0.3) is 0 Å². The minimum absolute atomic E-state index is 0.0796. The Morgan fingerprint density at radius 2 is 1.87 bits per heavy atom. The number of sulfonamides is 1. The molecule has 1 aromatic heterocycles. The highest BCUT2D eigenvalue weighted by Crippen LogP contribution is 2.30. The standard InChI is InChI=1S/C19H23N5O5S2/c25-24(26)18-13-16(31(27,28)23-7-1-2-8-23)4-5-17(18)21-20-14-15-3-6-19(30-15)22-9-11-29-12-10-22/h3-6,13-14,21H,1-2,7-12H2. The van der Waals surface area contributed by atoms with Crippen LogP contribution in [0.2, 0.25) is 0 Å². The lowest BCUT2D eigenvalue weighted by molar-refractivity contribution is -0.384. The first-order valence-corrected chi connectivity index (χ1v) is 12.2. The molecule has 0 saturated carbocycles. The lowest BCUT2D eigenvalue weighted by Crippen LogP contribution is -2.35. The van der Waals surface area contributed by atoms with Gasteiger partial charge in [-0.1, -0.05) is 0 Å². The van der Waals surface area contributed by atoms with Gasteiger partial charge in [0.15, 0.2) is 0 Å². The number of thiophene rings is 1. The maximum absolute atomic E-state index is 12.7. The molecule has 0 radical (unpaired) electrons. The van der Waals surface area contributed by atoms with Crippen molar-refractivity contribution in [1.29, 1.82) is 0 Å². The van der Waals surface area contributed by atoms with Gasteiger partial charge in [-0.25, -0.2) is 8.42 Å². The monoisotopic (exact) mass is 465 g/mol. The molecule has 166 valence electrons. The smallest absolute Gasteiger partial charge is 0.295 e. The Morgan fingerprint density at radius 3 is 2.58 bits per heavy atom. The van der Waals surface area contributed by atoms with Gasteiger partial charge in [-0.15, -0.1) is 11.3 Å². The number of nitro benzene ring substituents is 1. The second-order valence-electron chi connectivity index (χ2n) is 7.19. The molecular weight excluding hydrogens is 442 g/mol. The zero-order valence-electron chi connectivity index (χ0n) is 16.8. The molecule has 31 heavy (non-hydrogen) atoms. The van der Waals surface area contributed by atoms with Crippen LogP contribution in [0.4, 0.5) is 16.4 Å². The van der Waals surface area contributed by atoms with Crippen LogP contribution in [0.1, 0.15) is 17.7 Å². The van der Waals surface area contributed by atoms with Gasteiger partial charge in [0.25, 0.3) is 5.69 Å². The highest BCUT2D eigenvalue weighted by atomic mass is 32.2. The van der Waals surface area contributed by atoms with Gasteiger partial charge in [0, 0.05) is 37.1 Å². The maximum Gasteiger partial charge on any atom is 0.295 e. The molecule has 2 aliphatic rings. The Bertz CT molecular complexity index is 1070. The number of hydrazone groups is 1. The number of nitro groups is 1. The number of rotatable bonds is 7. The van der Waals surface area contributed by atoms with Crippen molar-refractivity contribution in [3.8, 4) is 0 Å². The van der Waals surface area contributed by atoms with E-state index in [0.29, 0.717) is 26.3 Å². The molecule has 4 rings (SSSR count). The number of nitrogens with zero attached hydrogens (tertiary/aromatic N) is 4. The summed E-state index contributed by atoms with van der Waals surface area (Å²) in [7, 11) is -3.73. The Kier molecular flexibility index (Phi) is 6.51. The zero-order valence-corrected chi connectivity index (χ0v) is 18.4. The number of ether oxygens (including phenoxy) is 1. The van der Waals surface area contributed by atoms with E-state index in [1.807, 2.05) is 12.1 Å². The molecule has 10 nitrogen and oxygen atoms in total. The molecule has 0 amide bonds. The third kappa shape index (κ3) is 4.87. The summed E-state index contributed by atoms with van der Waals surface area (Å²) in [5.41, 5.74) is 2.47. The fourth-order valence-corrected chi connectivity index (χ4v) is 5.99. The van der Waals surface area contributed by atoms with E-state index in [0.717, 1.165) is 41.9 Å². The molecule has 1 aromatic carbocycles. The average Bonchev–Trinajstić information content (AvgIpc) is 3.47. The molecule has 2 saturated heterocycles. The molecule has 0 bridgehead atoms. The van der Waals surface area contributed by atoms with Crippen molar-refractivity contribution in [2.24, 2.45) is 5.10 Å². The van der Waals surface area contributed by atoms with Gasteiger partial charge >= 0.3 is 0 Å². The molecule has 3 heterocycles. The van der Waals surface area contributed by atoms with Crippen LogP contribution >= 0.6 is 11.3 Å². The van der Waals surface area contributed by atoms with E-state index < -0.39 is 14.9 Å². The minimum Gasteiger partial charge on any atom is -0.378 e. The van der Waals surface area contributed by atoms with Crippen molar-refractivity contribution >= 4 is 44.0 Å². The van der Waals surface area contributed by atoms with Gasteiger partial charge in [0.2, 0.25) is 10.0 Å². The third-order valence-corrected chi connectivity index (χ3v) is 8.16. The van der Waals surface area contributed by atoms with Crippen LogP contribution in [-0.2, 0) is 14.8 Å². The summed E-state index contributed by atoms with van der Waals surface area (Å²) < 4.78 is 32.1. The highest BCUT2D eigenvalue weighted by molar-refractivity contribution is 7.89. The van der Waals surface area contributed by atoms with Crippen LogP contribution < -0.4 is 10.3 Å². The first-order chi connectivity index (χ1) is 14.9. The lowest BCUT2D eigenvalue weighted by atomic mass is 10.3. The summed E-state index contributed by atoms with van der Waals surface area (Å²) >= 11 is 1.57. The summed E-state index contributed by atoms with van der Waals surface area (Å²) in [6.45, 7) is 3.97. The average molecular weight is 466 g/mol. The summed E-state index contributed by atoms with van der Waals surface area (Å²) in [6.07, 6.45) is 3.19. The quantitative estimate of drug-likeness (QED) is 0.379. The van der Waals surface area contributed by atoms with E-state index in [-0.39, 0.29) is 16.3 Å². The largest absolute Gasteiger partial charge is 0.378 e. The molecule has 2 aromatic rings. The fourth-order valence-electron chi connectivity index (χ4n) is 3.53. The molecule has 0 spiro atoms. The Balaban J connectivity index is 1.48. The number of benzene rings is 1. The number of hydrogen-bond donors (Lipinski definition) is 1. The number of nitrogens with one attached hydrogen (secondary N) is 1. The van der Waals surface area contributed by atoms with Gasteiger partial charge in [-0.3, -0.25) is 15.5 Å². The van der Waals surface area contributed by atoms with Gasteiger partial charge in [0.1, 0.15) is 5.69 Å². The predicted molar refractivity (Wildman–Crippen MR) is 120 cm³/mol. The molecule has 0 aliphatic carbocycles. The van der Waals surface area contributed by atoms with Crippen LogP contribution in [0.3, 0.4) is 0 Å². The van der Waals surface area contributed by atoms with Gasteiger partial charge < -0.3 is 9.64 Å². The molecule has 12 heteroatoms. The van der Waals surface area contributed by atoms with Crippen molar-refractivity contribution in [3.05, 3.63) is 45.3 Å². The normalized spacial score (nSPS) is 18.0. The first kappa shape index (κ1) is 21.7. The summed E-state index contributed by atoms with van der Waals surface area (Å²) in [5, 5.41) is 16.8. The number of hydrogen-bond acceptors (Lipinski definition) is 9. The summed E-state index contributed by atoms with van der Waals surface area (Å²) in [6, 6.07) is 7.79. The van der Waals surface area contributed by atoms with E-state index in [9.17, 15) is 18.5 Å². The van der Waals surface area contributed by atoms with Crippen molar-refractivity contribution in [2.45, 2.75) is 17.7 Å². The topological polar surface area (TPSA) is 117 Å². The van der Waals surface area contributed by atoms with Gasteiger partial charge in [-0.05, 0) is 37.1 Å². The van der Waals surface area contributed by atoms with Crippen LogP contribution in [0.15, 0.2) is 40.3 Å². The second-order valence-corrected chi connectivity index (χ2v) is 10.2. The zero-order chi connectivity index (χ0) is 21.8. The fraction of sp³-hybridized carbons (Fsp3) is 0.421. The lowest BCUT2D eigenvalue weighted by Gasteiger charge is -2.27. The molecular formula is C19H23N5O5S2. The van der Waals surface area contributed by atoms with Crippen LogP contribution in [0, 0.1) is 10.1 Å². The number of anilines is 2. The van der Waals surface area contributed by atoms with Crippen LogP contribution in [-0.4, -0.2) is 63.3 Å². The summed E-state index contributed by atoms with van der Waals surface area (Å²) in [4.78, 5) is 14.0. The molecule has 2 fully saturated rings. The SMILES string of the molecule is O=[N+]([O-])c1cc(S(=O)(=O)N2CCCC2)ccc1NN=Cc1ccc(N2CCOCC2)s1. The first-order valence-electron chi connectivity index (χ1n) is 9.95. The van der Waals surface area contributed by atoms with Gasteiger partial charge in [-0.2, -0.15) is 9.41 Å². The van der Waals surface area contributed by atoms with Crippen LogP contribution in [0.5, 0.6) is 0 Å². The Labute approximate surface area is 184 Å². The van der Waals surface area contributed by atoms with E-state index >= 15 is 0 Å². The van der Waals surface area contributed by atoms with E-state index in [1.165, 1.54) is 16.4 Å². The summed E-state index contributed by atoms with van der Waals surface area (Å²) in [5.74, 6) is 0. The Hall–Kier alpha value is -2.54. The Morgan fingerprint density at radius 1 is 1.13 bits per heavy atom. The highest BCUT2D eigenvalue weighted by Gasteiger charge is 2.29.